The number of nitrogens with two attached hydrogens (primary N) is 3. The van der Waals surface area contributed by atoms with Crippen LogP contribution in [0.3, 0.4) is 0 Å². The van der Waals surface area contributed by atoms with Crippen molar-refractivity contribution in [3.8, 4) is 0 Å². The van der Waals surface area contributed by atoms with Gasteiger partial charge in [-0.1, -0.05) is 120 Å². The van der Waals surface area contributed by atoms with E-state index in [-0.39, 0.29) is 82.3 Å². The minimum Gasteiger partial charge on any atom is -0.480 e. The van der Waals surface area contributed by atoms with Crippen LogP contribution in [0, 0.1) is 35.5 Å². The van der Waals surface area contributed by atoms with E-state index in [0.29, 0.717) is 24.8 Å². The molecule has 660 valence electrons. The van der Waals surface area contributed by atoms with Crippen molar-refractivity contribution >= 4 is 106 Å². The van der Waals surface area contributed by atoms with Crippen molar-refractivity contribution in [3.63, 3.8) is 0 Å². The smallest absolute Gasteiger partial charge is 0.326 e. The van der Waals surface area contributed by atoms with Crippen LogP contribution in [0.5, 0.6) is 0 Å². The van der Waals surface area contributed by atoms with Crippen molar-refractivity contribution in [3.05, 3.63) is 35.9 Å². The number of benzene rings is 1. The molecule has 0 spiro atoms. The third kappa shape index (κ3) is 30.2. The van der Waals surface area contributed by atoms with Crippen LogP contribution in [0.4, 0.5) is 0 Å². The lowest BCUT2D eigenvalue weighted by Crippen LogP contribution is -2.62. The highest BCUT2D eigenvalue weighted by Gasteiger charge is 2.45. The molecule has 17 atom stereocenters. The van der Waals surface area contributed by atoms with E-state index in [9.17, 15) is 107 Å². The Kier molecular flexibility index (Phi) is 40.5. The molecule has 4 rings (SSSR count). The number of carbonyl (C=O) groups is 18. The van der Waals surface area contributed by atoms with Gasteiger partial charge >= 0.3 is 5.97 Å². The number of primary amides is 2. The summed E-state index contributed by atoms with van der Waals surface area (Å²) in [6, 6.07) is -13.0. The first kappa shape index (κ1) is 99.9. The largest absolute Gasteiger partial charge is 0.480 e. The molecule has 40 heteroatoms. The Balaban J connectivity index is 1.44. The fourth-order valence-corrected chi connectivity index (χ4v) is 13.9. The number of carboxylic acid groups (broad SMARTS) is 1. The summed E-state index contributed by atoms with van der Waals surface area (Å²) in [6.45, 7) is 19.1. The molecule has 40 nitrogen and oxygen atoms in total. The summed E-state index contributed by atoms with van der Waals surface area (Å²) < 4.78 is 0. The highest BCUT2D eigenvalue weighted by Crippen LogP contribution is 2.25. The number of aliphatic hydroxyl groups excluding tert-OH is 3. The number of carboxylic acids is 1. The fourth-order valence-electron chi connectivity index (χ4n) is 13.9. The van der Waals surface area contributed by atoms with E-state index in [1.807, 2.05) is 0 Å². The third-order valence-corrected chi connectivity index (χ3v) is 20.9. The summed E-state index contributed by atoms with van der Waals surface area (Å²) >= 11 is 0. The number of aliphatic hydroxyl groups is 3. The van der Waals surface area contributed by atoms with E-state index in [4.69, 9.17) is 17.2 Å². The van der Waals surface area contributed by atoms with Gasteiger partial charge in [-0.15, -0.1) is 0 Å². The Morgan fingerprint density at radius 2 is 0.847 bits per heavy atom. The lowest BCUT2D eigenvalue weighted by molar-refractivity contribution is -0.144. The van der Waals surface area contributed by atoms with Gasteiger partial charge in [0, 0.05) is 32.5 Å². The second-order valence-corrected chi connectivity index (χ2v) is 32.4. The van der Waals surface area contributed by atoms with E-state index < -0.39 is 260 Å². The number of hydrogen-bond acceptors (Lipinski definition) is 22. The number of likely N-dealkylation sites (tertiary alicyclic amines) is 3. The van der Waals surface area contributed by atoms with Gasteiger partial charge in [0.15, 0.2) is 0 Å². The summed E-state index contributed by atoms with van der Waals surface area (Å²) in [5.41, 5.74) is 17.0. The van der Waals surface area contributed by atoms with E-state index in [1.54, 1.807) is 113 Å². The molecule has 1 aromatic carbocycles. The van der Waals surface area contributed by atoms with E-state index >= 15 is 0 Å². The molecule has 3 aliphatic rings. The zero-order valence-electron chi connectivity index (χ0n) is 69.7. The molecule has 0 unspecified atom stereocenters. The number of carbonyl (C=O) groups excluding carboxylic acids is 17. The maximum atomic E-state index is 14.6. The van der Waals surface area contributed by atoms with Gasteiger partial charge in [-0.25, -0.2) is 4.79 Å². The second kappa shape index (κ2) is 47.8. The first-order chi connectivity index (χ1) is 55.4. The summed E-state index contributed by atoms with van der Waals surface area (Å²) in [6.07, 6.45) is -1.94. The Hall–Kier alpha value is -10.5. The lowest BCUT2D eigenvalue weighted by Gasteiger charge is -2.32. The highest BCUT2D eigenvalue weighted by atomic mass is 16.4. The van der Waals surface area contributed by atoms with Gasteiger partial charge in [0.2, 0.25) is 100 Å². The maximum absolute atomic E-state index is 14.6. The average Bonchev–Trinajstić information content (AvgIpc) is 1.63. The molecular weight excluding hydrogens is 1540 g/mol. The molecule has 3 heterocycles. The van der Waals surface area contributed by atoms with Gasteiger partial charge in [-0.05, 0) is 106 Å². The summed E-state index contributed by atoms with van der Waals surface area (Å²) in [4.78, 5) is 249. The van der Waals surface area contributed by atoms with Gasteiger partial charge in [-0.3, -0.25) is 81.5 Å². The zero-order valence-corrected chi connectivity index (χ0v) is 69.7. The topological polar surface area (TPSA) is 620 Å². The standard InChI is InChI=1S/C78H126N18O22/c1-14-43(12)62(92-70(109)54-24-18-28-94(54)58(102)35-82-68(107)53-23-19-29-95(53)76(115)48(32-39(4)5)86-75(114)63(44(13)99)93-73(112)61(42(10)11)91-72(111)60(41(8)9)90-71(110)59(81)40(6)7)74(113)84-47(31-38(2)3)65(104)88-52(37-98)67(106)89-51(36-97)66(105)85-49(33-45-21-16-15-17-22-45)77(116)96-30-20-25-55(96)69(108)83-46(26-27-56(79)100)64(103)87-50(78(117)118)34-57(80)101/h15-17,21-22,38-44,46-55,59-63,97-99H,14,18-20,23-37,81H2,1-13H3,(H2,79,100)(H2,80,101)(H,82,107)(H,83,108)(H,84,113)(H,85,105)(H,86,114)(H,87,103)(H,88,104)(H,89,106)(H,90,110)(H,91,111)(H,92,109)(H,93,112)(H,117,118)/t43-,44+,46-,47-,48-,49-,50-,51-,52-,53-,54-,55-,59-,60-,61-,62-,63-/m0/s1. The number of amides is 17. The maximum Gasteiger partial charge on any atom is 0.326 e. The Labute approximate surface area is 687 Å². The number of nitrogens with one attached hydrogen (secondary N) is 12. The van der Waals surface area contributed by atoms with E-state index in [1.165, 1.54) is 16.7 Å². The van der Waals surface area contributed by atoms with Gasteiger partial charge in [0.1, 0.15) is 84.6 Å². The van der Waals surface area contributed by atoms with Crippen molar-refractivity contribution in [2.24, 2.45) is 52.7 Å². The van der Waals surface area contributed by atoms with Crippen LogP contribution in [-0.2, 0) is 92.7 Å². The normalized spacial score (nSPS) is 18.9. The molecule has 0 aromatic heterocycles. The number of nitrogens with zero attached hydrogens (tertiary/aromatic N) is 3. The first-order valence-electron chi connectivity index (χ1n) is 40.4. The predicted molar refractivity (Wildman–Crippen MR) is 425 cm³/mol. The fraction of sp³-hybridized carbons (Fsp3) is 0.692. The summed E-state index contributed by atoms with van der Waals surface area (Å²) in [5, 5.41) is 71.9. The minimum absolute atomic E-state index is 0.0199. The molecule has 0 bridgehead atoms. The highest BCUT2D eigenvalue weighted by molar-refractivity contribution is 6.01. The molecule has 0 aliphatic carbocycles. The van der Waals surface area contributed by atoms with Gasteiger partial charge in [0.25, 0.3) is 0 Å². The SMILES string of the molecule is CC[C@H](C)[C@H](NC(=O)[C@@H]1CCCN1C(=O)CNC(=O)[C@@H]1CCCN1C(=O)[C@H](CC(C)C)NC(=O)[C@@H](NC(=O)[C@@H](NC(=O)[C@@H](NC(=O)[C@@H](N)C(C)C)C(C)C)C(C)C)[C@@H](C)O)C(=O)N[C@@H](CC(C)C)C(=O)N[C@@H](CO)C(=O)N[C@@H](CO)C(=O)N[C@@H](Cc1ccccc1)C(=O)N1CCC[C@H]1C(=O)N[C@@H](CCC(N)=O)C(=O)N[C@@H](CC(N)=O)C(=O)O. The summed E-state index contributed by atoms with van der Waals surface area (Å²) in [5.74, 6) is -18.9. The molecule has 22 N–H and O–H groups in total. The summed E-state index contributed by atoms with van der Waals surface area (Å²) in [7, 11) is 0. The number of rotatable bonds is 47. The van der Waals surface area contributed by atoms with Gasteiger partial charge < -0.3 is 116 Å². The third-order valence-electron chi connectivity index (χ3n) is 20.9. The van der Waals surface area contributed by atoms with Crippen molar-refractivity contribution in [1.29, 1.82) is 0 Å². The van der Waals surface area contributed by atoms with Crippen molar-refractivity contribution in [1.82, 2.24) is 78.5 Å². The molecule has 1 aromatic rings. The quantitative estimate of drug-likeness (QED) is 0.0290. The van der Waals surface area contributed by atoms with E-state index in [0.717, 1.165) is 4.90 Å². The molecule has 3 aliphatic heterocycles. The minimum atomic E-state index is -1.87. The van der Waals surface area contributed by atoms with Crippen LogP contribution < -0.4 is 81.0 Å². The van der Waals surface area contributed by atoms with Crippen LogP contribution in [0.25, 0.3) is 0 Å². The van der Waals surface area contributed by atoms with Crippen LogP contribution in [0.1, 0.15) is 173 Å². The Morgan fingerprint density at radius 1 is 0.441 bits per heavy atom. The van der Waals surface area contributed by atoms with Crippen molar-refractivity contribution < 1.29 is 107 Å². The zero-order chi connectivity index (χ0) is 88.9. The van der Waals surface area contributed by atoms with Crippen LogP contribution in [0.2, 0.25) is 0 Å². The lowest BCUT2D eigenvalue weighted by atomic mass is 9.96. The van der Waals surface area contributed by atoms with E-state index in [2.05, 4.69) is 63.8 Å². The molecule has 0 radical (unpaired) electrons. The van der Waals surface area contributed by atoms with Gasteiger partial charge in [0.05, 0.1) is 38.3 Å². The first-order valence-corrected chi connectivity index (χ1v) is 40.4. The van der Waals surface area contributed by atoms with Crippen molar-refractivity contribution in [2.75, 3.05) is 39.4 Å². The molecule has 3 fully saturated rings. The monoisotopic (exact) mass is 1670 g/mol. The molecule has 3 saturated heterocycles. The molecule has 118 heavy (non-hydrogen) atoms. The second-order valence-electron chi connectivity index (χ2n) is 32.4. The Bertz CT molecular complexity index is 3700. The van der Waals surface area contributed by atoms with Crippen LogP contribution >= 0.6 is 0 Å². The van der Waals surface area contributed by atoms with Crippen LogP contribution in [-0.4, -0.2) is 278 Å². The molecular formula is C78H126N18O22. The van der Waals surface area contributed by atoms with Crippen LogP contribution in [0.15, 0.2) is 30.3 Å². The average molecular weight is 1670 g/mol. The predicted octanol–water partition coefficient (Wildman–Crippen LogP) is -5.32. The molecule has 0 saturated carbocycles. The Morgan fingerprint density at radius 3 is 1.31 bits per heavy atom. The number of aliphatic carboxylic acids is 1. The number of hydrogen-bond donors (Lipinski definition) is 19. The van der Waals surface area contributed by atoms with Crippen molar-refractivity contribution in [2.45, 2.75) is 270 Å². The van der Waals surface area contributed by atoms with Gasteiger partial charge in [-0.2, -0.15) is 0 Å². The molecule has 17 amide bonds.